The molecule has 92 valence electrons. The minimum Gasteiger partial charge on any atom is -0.330 e. The van der Waals surface area contributed by atoms with Crippen LogP contribution in [0.3, 0.4) is 0 Å². The molecule has 17 heavy (non-hydrogen) atoms. The third kappa shape index (κ3) is 2.24. The van der Waals surface area contributed by atoms with Gasteiger partial charge in [0.05, 0.1) is 0 Å². The molecule has 0 spiro atoms. The highest BCUT2D eigenvalue weighted by Crippen LogP contribution is 2.41. The normalized spacial score (nSPS) is 32.9. The van der Waals surface area contributed by atoms with Crippen LogP contribution in [0.2, 0.25) is 0 Å². The van der Waals surface area contributed by atoms with E-state index in [4.69, 9.17) is 5.73 Å². The zero-order valence-electron chi connectivity index (χ0n) is 10.4. The maximum absolute atomic E-state index is 5.90. The minimum atomic E-state index is 0.807. The molecule has 1 aliphatic carbocycles. The fraction of sp³-hybridized carbons (Fsp3) is 0.600. The second kappa shape index (κ2) is 4.79. The second-order valence-electron chi connectivity index (χ2n) is 5.68. The monoisotopic (exact) mass is 230 g/mol. The second-order valence-corrected chi connectivity index (χ2v) is 5.68. The number of likely N-dealkylation sites (tertiary alicyclic amines) is 1. The predicted octanol–water partition coefficient (Wildman–Crippen LogP) is 2.10. The van der Waals surface area contributed by atoms with Crippen molar-refractivity contribution < 1.29 is 0 Å². The first-order chi connectivity index (χ1) is 8.36. The van der Waals surface area contributed by atoms with Crippen molar-refractivity contribution in [1.82, 2.24) is 4.90 Å². The zero-order valence-corrected chi connectivity index (χ0v) is 10.4. The number of nitrogens with two attached hydrogens (primary N) is 1. The average molecular weight is 230 g/mol. The number of rotatable bonds is 3. The van der Waals surface area contributed by atoms with Gasteiger partial charge in [0.15, 0.2) is 0 Å². The Balaban J connectivity index is 1.65. The van der Waals surface area contributed by atoms with Crippen LogP contribution in [0.1, 0.15) is 18.4 Å². The van der Waals surface area contributed by atoms with Gasteiger partial charge in [-0.2, -0.15) is 0 Å². The van der Waals surface area contributed by atoms with Crippen LogP contribution in [0.5, 0.6) is 0 Å². The lowest BCUT2D eigenvalue weighted by atomic mass is 9.85. The molecule has 1 saturated heterocycles. The summed E-state index contributed by atoms with van der Waals surface area (Å²) in [5.41, 5.74) is 7.35. The van der Waals surface area contributed by atoms with Gasteiger partial charge < -0.3 is 5.73 Å². The molecule has 1 aromatic carbocycles. The first kappa shape index (κ1) is 11.2. The molecule has 1 saturated carbocycles. The van der Waals surface area contributed by atoms with E-state index in [9.17, 15) is 0 Å². The van der Waals surface area contributed by atoms with Crippen LogP contribution in [0.25, 0.3) is 0 Å². The summed E-state index contributed by atoms with van der Waals surface area (Å²) in [5, 5.41) is 0. The Morgan fingerprint density at radius 3 is 2.29 bits per heavy atom. The van der Waals surface area contributed by atoms with Crippen LogP contribution in [-0.2, 0) is 6.54 Å². The third-order valence-corrected chi connectivity index (χ3v) is 4.63. The first-order valence-electron chi connectivity index (χ1n) is 6.83. The van der Waals surface area contributed by atoms with Crippen LogP contribution in [-0.4, -0.2) is 24.5 Å². The highest BCUT2D eigenvalue weighted by Gasteiger charge is 2.40. The third-order valence-electron chi connectivity index (χ3n) is 4.63. The Morgan fingerprint density at radius 1 is 1.06 bits per heavy atom. The lowest BCUT2D eigenvalue weighted by Gasteiger charge is -2.37. The number of piperidine rings is 1. The molecule has 2 atom stereocenters. The van der Waals surface area contributed by atoms with E-state index in [0.717, 1.165) is 30.8 Å². The molecule has 2 nitrogen and oxygen atoms in total. The molecule has 2 fully saturated rings. The molecule has 2 N–H and O–H groups in total. The smallest absolute Gasteiger partial charge is 0.0233 e. The highest BCUT2D eigenvalue weighted by atomic mass is 15.1. The molecule has 1 aliphatic heterocycles. The van der Waals surface area contributed by atoms with E-state index in [1.165, 1.54) is 31.5 Å². The van der Waals surface area contributed by atoms with Gasteiger partial charge in [0, 0.05) is 19.6 Å². The van der Waals surface area contributed by atoms with Crippen molar-refractivity contribution in [3.63, 3.8) is 0 Å². The van der Waals surface area contributed by atoms with E-state index < -0.39 is 0 Å². The van der Waals surface area contributed by atoms with Gasteiger partial charge in [0.1, 0.15) is 0 Å². The van der Waals surface area contributed by atoms with Gasteiger partial charge in [-0.3, -0.25) is 4.90 Å². The standard InChI is InChI=1S/C15H22N2/c16-8-15-13-6-7-14(15)11-17(10-13)9-12-4-2-1-3-5-12/h1-5,13-15H,6-11,16H2. The SMILES string of the molecule is NCC1C2CCC1CN(Cc1ccccc1)C2. The summed E-state index contributed by atoms with van der Waals surface area (Å²) in [7, 11) is 0. The highest BCUT2D eigenvalue weighted by molar-refractivity contribution is 5.14. The maximum Gasteiger partial charge on any atom is 0.0233 e. The number of fused-ring (bicyclic) bond motifs is 2. The minimum absolute atomic E-state index is 0.807. The predicted molar refractivity (Wildman–Crippen MR) is 70.5 cm³/mol. The lowest BCUT2D eigenvalue weighted by Crippen LogP contribution is -2.43. The average Bonchev–Trinajstić information content (AvgIpc) is 2.61. The molecule has 3 rings (SSSR count). The van der Waals surface area contributed by atoms with Crippen LogP contribution < -0.4 is 5.73 Å². The van der Waals surface area contributed by atoms with Crippen molar-refractivity contribution in [2.24, 2.45) is 23.5 Å². The van der Waals surface area contributed by atoms with Crippen molar-refractivity contribution in [1.29, 1.82) is 0 Å². The van der Waals surface area contributed by atoms with Gasteiger partial charge in [0.2, 0.25) is 0 Å². The van der Waals surface area contributed by atoms with Gasteiger partial charge in [-0.1, -0.05) is 30.3 Å². The van der Waals surface area contributed by atoms with Crippen molar-refractivity contribution >= 4 is 0 Å². The van der Waals surface area contributed by atoms with Gasteiger partial charge in [0.25, 0.3) is 0 Å². The fourth-order valence-electron chi connectivity index (χ4n) is 3.79. The summed E-state index contributed by atoms with van der Waals surface area (Å²) in [6.07, 6.45) is 2.80. The van der Waals surface area contributed by atoms with E-state index in [-0.39, 0.29) is 0 Å². The summed E-state index contributed by atoms with van der Waals surface area (Å²) in [4.78, 5) is 2.63. The van der Waals surface area contributed by atoms with Crippen LogP contribution in [0.4, 0.5) is 0 Å². The number of benzene rings is 1. The lowest BCUT2D eigenvalue weighted by molar-refractivity contribution is 0.107. The maximum atomic E-state index is 5.90. The van der Waals surface area contributed by atoms with E-state index in [0.29, 0.717) is 0 Å². The largest absolute Gasteiger partial charge is 0.330 e. The summed E-state index contributed by atoms with van der Waals surface area (Å²) in [5.74, 6) is 2.53. The van der Waals surface area contributed by atoms with E-state index in [1.807, 2.05) is 0 Å². The molecule has 2 heteroatoms. The molecule has 2 aliphatic rings. The Bertz CT molecular complexity index is 348. The molecule has 1 heterocycles. The van der Waals surface area contributed by atoms with E-state index in [1.54, 1.807) is 0 Å². The summed E-state index contributed by atoms with van der Waals surface area (Å²) in [6, 6.07) is 10.8. The van der Waals surface area contributed by atoms with Crippen molar-refractivity contribution in [3.8, 4) is 0 Å². The number of hydrogen-bond donors (Lipinski definition) is 1. The van der Waals surface area contributed by atoms with Crippen LogP contribution in [0, 0.1) is 17.8 Å². The van der Waals surface area contributed by atoms with Crippen LogP contribution in [0.15, 0.2) is 30.3 Å². The molecule has 0 aromatic heterocycles. The Labute approximate surface area is 104 Å². The summed E-state index contributed by atoms with van der Waals surface area (Å²) < 4.78 is 0. The fourth-order valence-corrected chi connectivity index (χ4v) is 3.79. The van der Waals surface area contributed by atoms with E-state index >= 15 is 0 Å². The van der Waals surface area contributed by atoms with Crippen molar-refractivity contribution in [3.05, 3.63) is 35.9 Å². The van der Waals surface area contributed by atoms with Gasteiger partial charge >= 0.3 is 0 Å². The topological polar surface area (TPSA) is 29.3 Å². The van der Waals surface area contributed by atoms with Gasteiger partial charge in [-0.25, -0.2) is 0 Å². The van der Waals surface area contributed by atoms with Crippen molar-refractivity contribution in [2.45, 2.75) is 19.4 Å². The van der Waals surface area contributed by atoms with E-state index in [2.05, 4.69) is 35.2 Å². The summed E-state index contributed by atoms with van der Waals surface area (Å²) in [6.45, 7) is 4.53. The van der Waals surface area contributed by atoms with Gasteiger partial charge in [-0.15, -0.1) is 0 Å². The quantitative estimate of drug-likeness (QED) is 0.861. The van der Waals surface area contributed by atoms with Crippen molar-refractivity contribution in [2.75, 3.05) is 19.6 Å². The Hall–Kier alpha value is -0.860. The number of nitrogens with zero attached hydrogens (tertiary/aromatic N) is 1. The van der Waals surface area contributed by atoms with Gasteiger partial charge in [-0.05, 0) is 42.7 Å². The molecular weight excluding hydrogens is 208 g/mol. The first-order valence-corrected chi connectivity index (χ1v) is 6.83. The zero-order chi connectivity index (χ0) is 11.7. The molecule has 1 aromatic rings. The molecular formula is C15H22N2. The molecule has 2 unspecified atom stereocenters. The Kier molecular flexibility index (Phi) is 3.17. The molecule has 2 bridgehead atoms. The van der Waals surface area contributed by atoms with Crippen LogP contribution >= 0.6 is 0 Å². The molecule has 0 amide bonds. The number of hydrogen-bond acceptors (Lipinski definition) is 2. The molecule has 0 radical (unpaired) electrons. The Morgan fingerprint density at radius 2 is 1.71 bits per heavy atom. The summed E-state index contributed by atoms with van der Waals surface area (Å²) >= 11 is 0.